The third-order valence-electron chi connectivity index (χ3n) is 3.47. The van der Waals surface area contributed by atoms with Crippen molar-refractivity contribution in [2.24, 2.45) is 5.92 Å². The van der Waals surface area contributed by atoms with E-state index in [9.17, 15) is 4.79 Å². The van der Waals surface area contributed by atoms with Crippen LogP contribution in [-0.4, -0.2) is 42.8 Å². The molecule has 9 heteroatoms. The Balaban J connectivity index is 1.57. The van der Waals surface area contributed by atoms with E-state index in [0.29, 0.717) is 11.6 Å². The number of carbonyl (C=O) groups excluding carboxylic acids is 1. The van der Waals surface area contributed by atoms with Crippen LogP contribution in [0.15, 0.2) is 36.5 Å². The number of aliphatic hydroxyl groups is 1. The van der Waals surface area contributed by atoms with Crippen LogP contribution in [0.3, 0.4) is 0 Å². The summed E-state index contributed by atoms with van der Waals surface area (Å²) in [6, 6.07) is 9.77. The summed E-state index contributed by atoms with van der Waals surface area (Å²) in [5.74, 6) is -0.269. The highest BCUT2D eigenvalue weighted by Crippen LogP contribution is 2.22. The van der Waals surface area contributed by atoms with E-state index in [1.165, 1.54) is 11.3 Å². The average Bonchev–Trinajstić information content (AvgIpc) is 3.30. The molecule has 3 aromatic rings. The van der Waals surface area contributed by atoms with E-state index < -0.39 is 0 Å². The number of carbonyl (C=O) groups is 1. The Morgan fingerprint density at radius 2 is 2.08 bits per heavy atom. The number of aliphatic hydroxyl groups excluding tert-OH is 1. The zero-order chi connectivity index (χ0) is 17.6. The van der Waals surface area contributed by atoms with Crippen LogP contribution < -0.4 is 5.32 Å². The molecule has 2 N–H and O–H groups in total. The van der Waals surface area contributed by atoms with Gasteiger partial charge in [0.2, 0.25) is 0 Å². The van der Waals surface area contributed by atoms with Gasteiger partial charge in [-0.05, 0) is 5.92 Å². The number of amides is 1. The lowest BCUT2D eigenvalue weighted by atomic mass is 10.2. The average molecular weight is 358 g/mol. The lowest BCUT2D eigenvalue weighted by Gasteiger charge is -2.05. The molecule has 0 unspecified atom stereocenters. The van der Waals surface area contributed by atoms with Crippen molar-refractivity contribution in [1.82, 2.24) is 30.5 Å². The monoisotopic (exact) mass is 358 g/mol. The molecule has 130 valence electrons. The van der Waals surface area contributed by atoms with Crippen molar-refractivity contribution in [3.8, 4) is 10.6 Å². The molecule has 0 radical (unpaired) electrons. The molecule has 3 rings (SSSR count). The maximum Gasteiger partial charge on any atom is 0.273 e. The highest BCUT2D eigenvalue weighted by molar-refractivity contribution is 7.14. The molecule has 1 atom stereocenters. The lowest BCUT2D eigenvalue weighted by molar-refractivity contribution is 0.0945. The van der Waals surface area contributed by atoms with Crippen molar-refractivity contribution in [1.29, 1.82) is 0 Å². The molecule has 0 bridgehead atoms. The lowest BCUT2D eigenvalue weighted by Crippen LogP contribution is -2.23. The van der Waals surface area contributed by atoms with Gasteiger partial charge in [0, 0.05) is 18.7 Å². The van der Waals surface area contributed by atoms with Crippen LogP contribution in [0.2, 0.25) is 0 Å². The van der Waals surface area contributed by atoms with Crippen LogP contribution in [0.4, 0.5) is 0 Å². The largest absolute Gasteiger partial charge is 0.396 e. The van der Waals surface area contributed by atoms with E-state index in [-0.39, 0.29) is 30.7 Å². The Morgan fingerprint density at radius 1 is 1.28 bits per heavy atom. The first-order valence-corrected chi connectivity index (χ1v) is 8.64. The molecule has 0 fully saturated rings. The van der Waals surface area contributed by atoms with Crippen LogP contribution in [0.25, 0.3) is 10.6 Å². The van der Waals surface area contributed by atoms with Gasteiger partial charge in [0.15, 0.2) is 5.69 Å². The molecule has 2 heterocycles. The minimum Gasteiger partial charge on any atom is -0.396 e. The summed E-state index contributed by atoms with van der Waals surface area (Å²) < 4.78 is 1.55. The summed E-state index contributed by atoms with van der Waals surface area (Å²) >= 11 is 1.43. The van der Waals surface area contributed by atoms with Crippen molar-refractivity contribution < 1.29 is 9.90 Å². The summed E-state index contributed by atoms with van der Waals surface area (Å²) in [6.45, 7) is 2.74. The van der Waals surface area contributed by atoms with Gasteiger partial charge >= 0.3 is 0 Å². The Morgan fingerprint density at radius 3 is 2.84 bits per heavy atom. The van der Waals surface area contributed by atoms with Crippen molar-refractivity contribution in [2.75, 3.05) is 6.61 Å². The van der Waals surface area contributed by atoms with E-state index in [0.717, 1.165) is 10.6 Å². The zero-order valence-electron chi connectivity index (χ0n) is 13.7. The smallest absolute Gasteiger partial charge is 0.273 e. The summed E-state index contributed by atoms with van der Waals surface area (Å²) in [5, 5.41) is 29.3. The number of nitrogens with zero attached hydrogens (tertiary/aromatic N) is 5. The van der Waals surface area contributed by atoms with Crippen LogP contribution in [-0.2, 0) is 13.1 Å². The normalized spacial score (nSPS) is 12.1. The maximum atomic E-state index is 12.1. The second kappa shape index (κ2) is 7.95. The molecule has 0 aliphatic carbocycles. The molecule has 8 nitrogen and oxygen atoms in total. The highest BCUT2D eigenvalue weighted by Gasteiger charge is 2.13. The van der Waals surface area contributed by atoms with E-state index in [1.54, 1.807) is 10.9 Å². The molecule has 0 spiro atoms. The number of rotatable bonds is 7. The molecule has 2 aromatic heterocycles. The Labute approximate surface area is 148 Å². The van der Waals surface area contributed by atoms with Crippen molar-refractivity contribution >= 4 is 17.2 Å². The number of nitrogens with one attached hydrogen (secondary N) is 1. The molecule has 0 saturated carbocycles. The van der Waals surface area contributed by atoms with E-state index in [1.807, 2.05) is 37.3 Å². The Bertz CT molecular complexity index is 832. The topological polar surface area (TPSA) is 106 Å². The molecule has 1 aromatic carbocycles. The van der Waals surface area contributed by atoms with Crippen molar-refractivity contribution in [2.45, 2.75) is 20.0 Å². The fourth-order valence-corrected chi connectivity index (χ4v) is 2.92. The van der Waals surface area contributed by atoms with Gasteiger partial charge in [-0.25, -0.2) is 0 Å². The minimum atomic E-state index is -0.320. The summed E-state index contributed by atoms with van der Waals surface area (Å²) in [4.78, 5) is 12.1. The standard InChI is InChI=1S/C16H18N6O2S/c1-11(10-23)8-22-9-13(18-21-22)15(24)17-7-14-19-20-16(25-14)12-5-3-2-4-6-12/h2-6,9,11,23H,7-8,10H2,1H3,(H,17,24)/t11-/m0/s1. The van der Waals surface area contributed by atoms with Crippen molar-refractivity contribution in [3.05, 3.63) is 47.2 Å². The Hall–Kier alpha value is -2.65. The highest BCUT2D eigenvalue weighted by atomic mass is 32.1. The van der Waals surface area contributed by atoms with Gasteiger partial charge in [-0.1, -0.05) is 53.8 Å². The predicted molar refractivity (Wildman–Crippen MR) is 92.8 cm³/mol. The predicted octanol–water partition coefficient (Wildman–Crippen LogP) is 1.35. The maximum absolute atomic E-state index is 12.1. The first kappa shape index (κ1) is 17.2. The summed E-state index contributed by atoms with van der Waals surface area (Å²) in [6.07, 6.45) is 1.57. The van der Waals surface area contributed by atoms with Gasteiger partial charge in [0.1, 0.15) is 10.0 Å². The second-order valence-electron chi connectivity index (χ2n) is 5.66. The van der Waals surface area contributed by atoms with Gasteiger partial charge in [-0.3, -0.25) is 9.48 Å². The van der Waals surface area contributed by atoms with Gasteiger partial charge in [0.05, 0.1) is 12.7 Å². The fraction of sp³-hybridized carbons (Fsp3) is 0.312. The number of hydrogen-bond acceptors (Lipinski definition) is 7. The van der Waals surface area contributed by atoms with Crippen LogP contribution in [0, 0.1) is 5.92 Å². The molecule has 25 heavy (non-hydrogen) atoms. The number of aromatic nitrogens is 5. The fourth-order valence-electron chi connectivity index (χ4n) is 2.14. The van der Waals surface area contributed by atoms with E-state index in [4.69, 9.17) is 5.11 Å². The summed E-state index contributed by atoms with van der Waals surface area (Å²) in [7, 11) is 0. The zero-order valence-corrected chi connectivity index (χ0v) is 14.5. The quantitative estimate of drug-likeness (QED) is 0.660. The molecular formula is C16H18N6O2S. The van der Waals surface area contributed by atoms with Crippen LogP contribution >= 0.6 is 11.3 Å². The molecule has 1 amide bonds. The van der Waals surface area contributed by atoms with Gasteiger partial charge < -0.3 is 10.4 Å². The molecule has 0 aliphatic rings. The van der Waals surface area contributed by atoms with E-state index >= 15 is 0 Å². The van der Waals surface area contributed by atoms with Gasteiger partial charge in [0.25, 0.3) is 5.91 Å². The molecular weight excluding hydrogens is 340 g/mol. The number of hydrogen-bond donors (Lipinski definition) is 2. The van der Waals surface area contributed by atoms with Crippen LogP contribution in [0.5, 0.6) is 0 Å². The molecule has 0 aliphatic heterocycles. The first-order valence-electron chi connectivity index (χ1n) is 7.82. The second-order valence-corrected chi connectivity index (χ2v) is 6.73. The minimum absolute atomic E-state index is 0.0513. The number of benzene rings is 1. The first-order chi connectivity index (χ1) is 12.2. The van der Waals surface area contributed by atoms with Crippen molar-refractivity contribution in [3.63, 3.8) is 0 Å². The van der Waals surface area contributed by atoms with E-state index in [2.05, 4.69) is 25.8 Å². The summed E-state index contributed by atoms with van der Waals surface area (Å²) in [5.41, 5.74) is 1.23. The SMILES string of the molecule is C[C@H](CO)Cn1cc(C(=O)NCc2nnc(-c3ccccc3)s2)nn1. The third kappa shape index (κ3) is 4.46. The van der Waals surface area contributed by atoms with Gasteiger partial charge in [-0.15, -0.1) is 15.3 Å². The Kier molecular flexibility index (Phi) is 5.46. The third-order valence-corrected chi connectivity index (χ3v) is 4.44. The molecule has 0 saturated heterocycles. The van der Waals surface area contributed by atoms with Gasteiger partial charge in [-0.2, -0.15) is 0 Å². The van der Waals surface area contributed by atoms with Crippen LogP contribution in [0.1, 0.15) is 22.4 Å².